The van der Waals surface area contributed by atoms with E-state index in [4.69, 9.17) is 14.2 Å². The van der Waals surface area contributed by atoms with Crippen LogP contribution in [0.5, 0.6) is 0 Å². The van der Waals surface area contributed by atoms with Crippen LogP contribution in [0.2, 0.25) is 0 Å². The molecule has 0 N–H and O–H groups in total. The van der Waals surface area contributed by atoms with Gasteiger partial charge >= 0.3 is 17.9 Å². The lowest BCUT2D eigenvalue weighted by atomic mass is 10.0. The van der Waals surface area contributed by atoms with Gasteiger partial charge in [-0.05, 0) is 64.2 Å². The lowest BCUT2D eigenvalue weighted by Gasteiger charge is -2.18. The molecule has 0 fully saturated rings. The summed E-state index contributed by atoms with van der Waals surface area (Å²) in [5, 5.41) is 0. The summed E-state index contributed by atoms with van der Waals surface area (Å²) in [7, 11) is 0. The van der Waals surface area contributed by atoms with Crippen molar-refractivity contribution in [3.8, 4) is 0 Å². The van der Waals surface area contributed by atoms with Crippen molar-refractivity contribution >= 4 is 17.9 Å². The summed E-state index contributed by atoms with van der Waals surface area (Å²) in [5.74, 6) is -0.878. The zero-order valence-electron chi connectivity index (χ0n) is 48.7. The van der Waals surface area contributed by atoms with Gasteiger partial charge in [0.1, 0.15) is 13.2 Å². The molecule has 1 unspecified atom stereocenters. The van der Waals surface area contributed by atoms with Gasteiger partial charge in [0.15, 0.2) is 6.10 Å². The summed E-state index contributed by atoms with van der Waals surface area (Å²) in [5.41, 5.74) is 0. The number of carbonyl (C=O) groups excluding carboxylic acids is 3. The Hall–Kier alpha value is -2.89. The van der Waals surface area contributed by atoms with Gasteiger partial charge in [0, 0.05) is 19.3 Å². The van der Waals surface area contributed by atoms with E-state index < -0.39 is 6.10 Å². The third-order valence-corrected chi connectivity index (χ3v) is 14.0. The lowest BCUT2D eigenvalue weighted by molar-refractivity contribution is -0.167. The molecular formula is C67H120O6. The molecule has 6 nitrogen and oxygen atoms in total. The number of carbonyl (C=O) groups is 3. The average Bonchev–Trinajstić information content (AvgIpc) is 3.39. The first kappa shape index (κ1) is 70.1. The van der Waals surface area contributed by atoms with E-state index in [2.05, 4.69) is 81.5 Å². The van der Waals surface area contributed by atoms with E-state index in [0.29, 0.717) is 19.3 Å². The topological polar surface area (TPSA) is 78.9 Å². The molecular weight excluding hydrogens is 901 g/mol. The molecule has 0 bridgehead atoms. The highest BCUT2D eigenvalue weighted by molar-refractivity contribution is 5.71. The van der Waals surface area contributed by atoms with E-state index in [0.717, 1.165) is 109 Å². The minimum atomic E-state index is -0.782. The molecule has 1 atom stereocenters. The number of esters is 3. The van der Waals surface area contributed by atoms with E-state index >= 15 is 0 Å². The minimum absolute atomic E-state index is 0.0778. The smallest absolute Gasteiger partial charge is 0.306 e. The lowest BCUT2D eigenvalue weighted by Crippen LogP contribution is -2.30. The fourth-order valence-electron chi connectivity index (χ4n) is 9.30. The van der Waals surface area contributed by atoms with Crippen LogP contribution >= 0.6 is 0 Å². The summed E-state index contributed by atoms with van der Waals surface area (Å²) >= 11 is 0. The Kier molecular flexibility index (Phi) is 59.2. The van der Waals surface area contributed by atoms with Crippen LogP contribution in [0.15, 0.2) is 60.8 Å². The summed E-state index contributed by atoms with van der Waals surface area (Å²) < 4.78 is 16.9. The van der Waals surface area contributed by atoms with Gasteiger partial charge < -0.3 is 14.2 Å². The molecule has 0 aromatic rings. The maximum Gasteiger partial charge on any atom is 0.306 e. The van der Waals surface area contributed by atoms with Gasteiger partial charge in [0.2, 0.25) is 0 Å². The Labute approximate surface area is 453 Å². The summed E-state index contributed by atoms with van der Waals surface area (Å²) in [6.45, 7) is 6.56. The van der Waals surface area contributed by atoms with Crippen LogP contribution in [0, 0.1) is 0 Å². The van der Waals surface area contributed by atoms with E-state index in [1.165, 1.54) is 180 Å². The quantitative estimate of drug-likeness (QED) is 0.0261. The standard InChI is InChI=1S/C67H120O6/c1-4-7-10-13-16-19-22-25-27-29-31-33-35-36-38-40-42-45-48-51-54-57-60-66(69)72-63-64(62-71-65(68)59-56-53-50-47-44-24-21-18-15-12-9-6-3)73-67(70)61-58-55-52-49-46-43-41-39-37-34-32-30-28-26-23-20-17-14-11-8-5-2/h8,11,17,20,26,28,32,34,39,41,64H,4-7,9-10,12-16,18-19,21-25,27,29-31,33,35-38,40,42-63H2,1-3H3/b11-8-,20-17-,28-26-,34-32-,41-39-. The molecule has 424 valence electrons. The Morgan fingerprint density at radius 1 is 0.288 bits per heavy atom. The van der Waals surface area contributed by atoms with Crippen LogP contribution in [0.4, 0.5) is 0 Å². The molecule has 0 aliphatic rings. The highest BCUT2D eigenvalue weighted by Gasteiger charge is 2.19. The normalized spacial score (nSPS) is 12.4. The van der Waals surface area contributed by atoms with Gasteiger partial charge in [-0.25, -0.2) is 0 Å². The molecule has 0 saturated carbocycles. The van der Waals surface area contributed by atoms with Gasteiger partial charge in [0.05, 0.1) is 0 Å². The van der Waals surface area contributed by atoms with Crippen LogP contribution in [-0.4, -0.2) is 37.2 Å². The second-order valence-corrected chi connectivity index (χ2v) is 21.3. The first-order valence-corrected chi connectivity index (χ1v) is 31.8. The number of ether oxygens (including phenoxy) is 3. The third kappa shape index (κ3) is 59.9. The Morgan fingerprint density at radius 2 is 0.534 bits per heavy atom. The highest BCUT2D eigenvalue weighted by Crippen LogP contribution is 2.17. The van der Waals surface area contributed by atoms with Gasteiger partial charge in [0.25, 0.3) is 0 Å². The summed E-state index contributed by atoms with van der Waals surface area (Å²) in [6, 6.07) is 0. The van der Waals surface area contributed by atoms with E-state index in [9.17, 15) is 14.4 Å². The molecule has 0 aromatic carbocycles. The van der Waals surface area contributed by atoms with E-state index in [1.807, 2.05) is 0 Å². The summed E-state index contributed by atoms with van der Waals surface area (Å²) in [4.78, 5) is 38.3. The molecule has 0 rings (SSSR count). The van der Waals surface area contributed by atoms with Crippen LogP contribution in [0.25, 0.3) is 0 Å². The highest BCUT2D eigenvalue weighted by atomic mass is 16.6. The number of rotatable bonds is 58. The molecule has 0 amide bonds. The van der Waals surface area contributed by atoms with Crippen LogP contribution < -0.4 is 0 Å². The second kappa shape index (κ2) is 61.7. The Bertz CT molecular complexity index is 1310. The zero-order chi connectivity index (χ0) is 52.9. The maximum atomic E-state index is 12.9. The largest absolute Gasteiger partial charge is 0.462 e. The van der Waals surface area contributed by atoms with Crippen LogP contribution in [-0.2, 0) is 28.6 Å². The SMILES string of the molecule is CC/C=C\C/C=C\C/C=C\C/C=C\C/C=C\CCCCCCCC(=O)OC(COC(=O)CCCCCCCCCCCCCC)COC(=O)CCCCCCCCCCCCCCCCCCCCCCCC. The van der Waals surface area contributed by atoms with Crippen molar-refractivity contribution in [3.63, 3.8) is 0 Å². The molecule has 0 radical (unpaired) electrons. The maximum absolute atomic E-state index is 12.9. The second-order valence-electron chi connectivity index (χ2n) is 21.3. The molecule has 0 aliphatic heterocycles. The fraction of sp³-hybridized carbons (Fsp3) is 0.806. The number of hydrogen-bond donors (Lipinski definition) is 0. The summed E-state index contributed by atoms with van der Waals surface area (Å²) in [6.07, 6.45) is 78.0. The van der Waals surface area contributed by atoms with Crippen molar-refractivity contribution in [1.29, 1.82) is 0 Å². The van der Waals surface area contributed by atoms with Crippen molar-refractivity contribution in [2.24, 2.45) is 0 Å². The molecule has 0 aromatic heterocycles. The number of hydrogen-bond acceptors (Lipinski definition) is 6. The predicted octanol–water partition coefficient (Wildman–Crippen LogP) is 21.6. The first-order valence-electron chi connectivity index (χ1n) is 31.8. The first-order chi connectivity index (χ1) is 36.0. The number of allylic oxidation sites excluding steroid dienone is 10. The van der Waals surface area contributed by atoms with Gasteiger partial charge in [-0.15, -0.1) is 0 Å². The molecule has 0 heterocycles. The zero-order valence-corrected chi connectivity index (χ0v) is 48.7. The third-order valence-electron chi connectivity index (χ3n) is 14.0. The van der Waals surface area contributed by atoms with Crippen molar-refractivity contribution in [2.45, 2.75) is 335 Å². The van der Waals surface area contributed by atoms with Crippen molar-refractivity contribution < 1.29 is 28.6 Å². The molecule has 6 heteroatoms. The molecule has 0 spiro atoms. The van der Waals surface area contributed by atoms with E-state index in [1.54, 1.807) is 0 Å². The van der Waals surface area contributed by atoms with Crippen LogP contribution in [0.3, 0.4) is 0 Å². The van der Waals surface area contributed by atoms with Crippen LogP contribution in [0.1, 0.15) is 329 Å². The van der Waals surface area contributed by atoms with E-state index in [-0.39, 0.29) is 31.1 Å². The minimum Gasteiger partial charge on any atom is -0.462 e. The fourth-order valence-corrected chi connectivity index (χ4v) is 9.30. The average molecular weight is 1020 g/mol. The van der Waals surface area contributed by atoms with Gasteiger partial charge in [-0.1, -0.05) is 306 Å². The van der Waals surface area contributed by atoms with Crippen molar-refractivity contribution in [2.75, 3.05) is 13.2 Å². The Morgan fingerprint density at radius 3 is 0.836 bits per heavy atom. The molecule has 73 heavy (non-hydrogen) atoms. The molecule has 0 aliphatic carbocycles. The van der Waals surface area contributed by atoms with Crippen molar-refractivity contribution in [1.82, 2.24) is 0 Å². The number of unbranched alkanes of at least 4 members (excludes halogenated alkanes) is 37. The monoisotopic (exact) mass is 1020 g/mol. The van der Waals surface area contributed by atoms with Gasteiger partial charge in [-0.3, -0.25) is 14.4 Å². The van der Waals surface area contributed by atoms with Gasteiger partial charge in [-0.2, -0.15) is 0 Å². The molecule has 0 saturated heterocycles. The predicted molar refractivity (Wildman–Crippen MR) is 316 cm³/mol. The van der Waals surface area contributed by atoms with Crippen molar-refractivity contribution in [3.05, 3.63) is 60.8 Å². The Balaban J connectivity index is 4.31.